The maximum Gasteiger partial charge on any atom is 0.0117 e. The number of nitrogens with one attached hydrogen (secondary N) is 1. The maximum atomic E-state index is 3.49. The molecular weight excluding hydrogens is 222 g/mol. The lowest BCUT2D eigenvalue weighted by atomic mass is 10.0. The van der Waals surface area contributed by atoms with Gasteiger partial charge in [-0.1, -0.05) is 13.8 Å². The lowest BCUT2D eigenvalue weighted by Gasteiger charge is -2.36. The number of likely N-dealkylation sites (tertiary alicyclic amines) is 1. The summed E-state index contributed by atoms with van der Waals surface area (Å²) in [4.78, 5) is 5.16. The van der Waals surface area contributed by atoms with Gasteiger partial charge in [0.1, 0.15) is 0 Å². The summed E-state index contributed by atoms with van der Waals surface area (Å²) in [5.74, 6) is 0. The summed E-state index contributed by atoms with van der Waals surface area (Å²) in [5, 5.41) is 3.49. The van der Waals surface area contributed by atoms with Crippen LogP contribution in [0.4, 0.5) is 0 Å². The third kappa shape index (κ3) is 5.68. The van der Waals surface area contributed by atoms with Gasteiger partial charge in [0, 0.05) is 12.1 Å². The largest absolute Gasteiger partial charge is 0.315 e. The smallest absolute Gasteiger partial charge is 0.0117 e. The molecule has 1 aliphatic rings. The van der Waals surface area contributed by atoms with Crippen molar-refractivity contribution in [2.24, 2.45) is 0 Å². The second kappa shape index (κ2) is 8.89. The molecule has 18 heavy (non-hydrogen) atoms. The van der Waals surface area contributed by atoms with Crippen LogP contribution >= 0.6 is 0 Å². The molecule has 0 saturated carbocycles. The summed E-state index contributed by atoms with van der Waals surface area (Å²) in [7, 11) is 2.31. The fraction of sp³-hybridized carbons (Fsp3) is 1.00. The molecule has 1 atom stereocenters. The Labute approximate surface area is 114 Å². The molecule has 1 heterocycles. The Morgan fingerprint density at radius 2 is 1.94 bits per heavy atom. The van der Waals surface area contributed by atoms with Crippen LogP contribution in [-0.4, -0.2) is 61.7 Å². The quantitative estimate of drug-likeness (QED) is 0.717. The van der Waals surface area contributed by atoms with Crippen LogP contribution in [0.2, 0.25) is 0 Å². The van der Waals surface area contributed by atoms with E-state index in [-0.39, 0.29) is 0 Å². The van der Waals surface area contributed by atoms with Gasteiger partial charge in [-0.15, -0.1) is 0 Å². The van der Waals surface area contributed by atoms with Crippen molar-refractivity contribution in [2.75, 3.05) is 39.8 Å². The standard InChI is InChI=1S/C15H33N3/c1-5-16-14(3)8-7-11-17(4)15-9-12-18(6-2)13-10-15/h14-16H,5-13H2,1-4H3. The molecule has 1 rings (SSSR count). The molecule has 1 N–H and O–H groups in total. The van der Waals surface area contributed by atoms with E-state index in [1.165, 1.54) is 51.9 Å². The van der Waals surface area contributed by atoms with E-state index >= 15 is 0 Å². The molecule has 0 spiro atoms. The van der Waals surface area contributed by atoms with Gasteiger partial charge in [-0.05, 0) is 72.4 Å². The molecule has 0 aromatic heterocycles. The Morgan fingerprint density at radius 3 is 2.50 bits per heavy atom. The van der Waals surface area contributed by atoms with Crippen molar-refractivity contribution >= 4 is 0 Å². The summed E-state index contributed by atoms with van der Waals surface area (Å²) in [6, 6.07) is 1.49. The van der Waals surface area contributed by atoms with Crippen LogP contribution in [0, 0.1) is 0 Å². The first kappa shape index (κ1) is 15.9. The highest BCUT2D eigenvalue weighted by Crippen LogP contribution is 2.15. The molecule has 1 saturated heterocycles. The molecule has 1 unspecified atom stereocenters. The SMILES string of the molecule is CCNC(C)CCCN(C)C1CCN(CC)CC1. The van der Waals surface area contributed by atoms with Crippen molar-refractivity contribution < 1.29 is 0 Å². The maximum absolute atomic E-state index is 3.49. The molecule has 0 aromatic carbocycles. The van der Waals surface area contributed by atoms with Crippen LogP contribution < -0.4 is 5.32 Å². The van der Waals surface area contributed by atoms with E-state index in [4.69, 9.17) is 0 Å². The van der Waals surface area contributed by atoms with E-state index < -0.39 is 0 Å². The molecule has 0 aliphatic carbocycles. The topological polar surface area (TPSA) is 18.5 Å². The van der Waals surface area contributed by atoms with E-state index in [1.807, 2.05) is 0 Å². The number of nitrogens with zero attached hydrogens (tertiary/aromatic N) is 2. The van der Waals surface area contributed by atoms with Crippen LogP contribution in [0.15, 0.2) is 0 Å². The average molecular weight is 255 g/mol. The minimum Gasteiger partial charge on any atom is -0.315 e. The molecule has 3 heteroatoms. The minimum atomic E-state index is 0.672. The Morgan fingerprint density at radius 1 is 1.28 bits per heavy atom. The summed E-state index contributed by atoms with van der Waals surface area (Å²) < 4.78 is 0. The van der Waals surface area contributed by atoms with Crippen molar-refractivity contribution in [3.05, 3.63) is 0 Å². The monoisotopic (exact) mass is 255 g/mol. The molecular formula is C15H33N3. The first-order valence-electron chi connectivity index (χ1n) is 7.83. The molecule has 3 nitrogen and oxygen atoms in total. The number of hydrogen-bond donors (Lipinski definition) is 1. The lowest BCUT2D eigenvalue weighted by Crippen LogP contribution is -2.43. The van der Waals surface area contributed by atoms with Gasteiger partial charge in [-0.2, -0.15) is 0 Å². The van der Waals surface area contributed by atoms with Gasteiger partial charge in [-0.25, -0.2) is 0 Å². The third-order valence-corrected chi connectivity index (χ3v) is 4.33. The Hall–Kier alpha value is -0.120. The van der Waals surface area contributed by atoms with E-state index in [9.17, 15) is 0 Å². The zero-order valence-electron chi connectivity index (χ0n) is 12.9. The molecule has 0 bridgehead atoms. The average Bonchev–Trinajstić information content (AvgIpc) is 2.39. The summed E-state index contributed by atoms with van der Waals surface area (Å²) >= 11 is 0. The lowest BCUT2D eigenvalue weighted by molar-refractivity contribution is 0.129. The van der Waals surface area contributed by atoms with Gasteiger partial charge >= 0.3 is 0 Å². The van der Waals surface area contributed by atoms with Crippen LogP contribution in [0.25, 0.3) is 0 Å². The second-order valence-corrected chi connectivity index (χ2v) is 5.75. The molecule has 1 aliphatic heterocycles. The number of hydrogen-bond acceptors (Lipinski definition) is 3. The molecule has 108 valence electrons. The van der Waals surface area contributed by atoms with Gasteiger partial charge in [0.05, 0.1) is 0 Å². The fourth-order valence-corrected chi connectivity index (χ4v) is 2.96. The van der Waals surface area contributed by atoms with Gasteiger partial charge in [0.15, 0.2) is 0 Å². The third-order valence-electron chi connectivity index (χ3n) is 4.33. The van der Waals surface area contributed by atoms with Gasteiger partial charge < -0.3 is 15.1 Å². The van der Waals surface area contributed by atoms with Crippen molar-refractivity contribution in [2.45, 2.75) is 58.5 Å². The normalized spacial score (nSPS) is 20.5. The molecule has 0 aromatic rings. The van der Waals surface area contributed by atoms with Crippen molar-refractivity contribution in [3.63, 3.8) is 0 Å². The zero-order chi connectivity index (χ0) is 13.4. The van der Waals surface area contributed by atoms with Gasteiger partial charge in [-0.3, -0.25) is 0 Å². The molecule has 0 amide bonds. The molecule has 0 radical (unpaired) electrons. The minimum absolute atomic E-state index is 0.672. The van der Waals surface area contributed by atoms with Gasteiger partial charge in [0.2, 0.25) is 0 Å². The summed E-state index contributed by atoms with van der Waals surface area (Å²) in [6.45, 7) is 12.9. The second-order valence-electron chi connectivity index (χ2n) is 5.75. The van der Waals surface area contributed by atoms with E-state index in [0.717, 1.165) is 12.6 Å². The fourth-order valence-electron chi connectivity index (χ4n) is 2.96. The molecule has 1 fully saturated rings. The van der Waals surface area contributed by atoms with E-state index in [0.29, 0.717) is 6.04 Å². The van der Waals surface area contributed by atoms with E-state index in [1.54, 1.807) is 0 Å². The van der Waals surface area contributed by atoms with Crippen molar-refractivity contribution in [1.82, 2.24) is 15.1 Å². The Kier molecular flexibility index (Phi) is 7.87. The van der Waals surface area contributed by atoms with Crippen LogP contribution in [0.3, 0.4) is 0 Å². The highest BCUT2D eigenvalue weighted by atomic mass is 15.2. The first-order chi connectivity index (χ1) is 8.67. The number of piperidine rings is 1. The van der Waals surface area contributed by atoms with Crippen molar-refractivity contribution in [1.29, 1.82) is 0 Å². The summed E-state index contributed by atoms with van der Waals surface area (Å²) in [6.07, 6.45) is 5.32. The first-order valence-corrected chi connectivity index (χ1v) is 7.83. The Bertz CT molecular complexity index is 200. The number of rotatable bonds is 8. The van der Waals surface area contributed by atoms with Gasteiger partial charge in [0.25, 0.3) is 0 Å². The predicted octanol–water partition coefficient (Wildman–Crippen LogP) is 2.18. The van der Waals surface area contributed by atoms with Crippen LogP contribution in [0.1, 0.15) is 46.5 Å². The van der Waals surface area contributed by atoms with Crippen LogP contribution in [0.5, 0.6) is 0 Å². The van der Waals surface area contributed by atoms with Crippen LogP contribution in [-0.2, 0) is 0 Å². The summed E-state index contributed by atoms with van der Waals surface area (Å²) in [5.41, 5.74) is 0. The highest BCUT2D eigenvalue weighted by molar-refractivity contribution is 4.78. The predicted molar refractivity (Wildman–Crippen MR) is 80.1 cm³/mol. The van der Waals surface area contributed by atoms with Crippen molar-refractivity contribution in [3.8, 4) is 0 Å². The van der Waals surface area contributed by atoms with E-state index in [2.05, 4.69) is 42.9 Å². The zero-order valence-corrected chi connectivity index (χ0v) is 12.9. The highest BCUT2D eigenvalue weighted by Gasteiger charge is 2.21. The Balaban J connectivity index is 2.11.